The molecule has 0 radical (unpaired) electrons. The summed E-state index contributed by atoms with van der Waals surface area (Å²) in [5, 5.41) is 7.21. The van der Waals surface area contributed by atoms with Crippen LogP contribution in [0.15, 0.2) is 18.2 Å². The van der Waals surface area contributed by atoms with E-state index in [2.05, 4.69) is 22.5 Å². The lowest BCUT2D eigenvalue weighted by Gasteiger charge is -2.30. The Bertz CT molecular complexity index is 670. The summed E-state index contributed by atoms with van der Waals surface area (Å²) >= 11 is 5.44. The van der Waals surface area contributed by atoms with Crippen molar-refractivity contribution in [1.29, 1.82) is 0 Å². The summed E-state index contributed by atoms with van der Waals surface area (Å²) in [5.41, 5.74) is 3.04. The third kappa shape index (κ3) is 5.66. The second kappa shape index (κ2) is 9.51. The largest absolute Gasteiger partial charge is 0.362 e. The van der Waals surface area contributed by atoms with Crippen molar-refractivity contribution >= 4 is 34.6 Å². The number of piperidine rings is 1. The molecule has 0 atom stereocenters. The molecule has 2 heterocycles. The van der Waals surface area contributed by atoms with Gasteiger partial charge >= 0.3 is 0 Å². The van der Waals surface area contributed by atoms with Crippen molar-refractivity contribution in [2.24, 2.45) is 5.92 Å². The number of rotatable bonds is 6. The number of nitrogens with zero attached hydrogens (tertiary/aromatic N) is 2. The van der Waals surface area contributed by atoms with Crippen molar-refractivity contribution in [3.63, 3.8) is 0 Å². The smallest absolute Gasteiger partial charge is 0.227 e. The van der Waals surface area contributed by atoms with Crippen LogP contribution in [0.4, 0.5) is 11.4 Å². The van der Waals surface area contributed by atoms with Gasteiger partial charge in [0.15, 0.2) is 5.11 Å². The predicted octanol–water partition coefficient (Wildman–Crippen LogP) is 3.53. The van der Waals surface area contributed by atoms with Crippen LogP contribution in [0.5, 0.6) is 0 Å². The second-order valence-corrected chi connectivity index (χ2v) is 8.32. The molecule has 1 aromatic rings. The van der Waals surface area contributed by atoms with Crippen molar-refractivity contribution in [2.75, 3.05) is 42.9 Å². The van der Waals surface area contributed by atoms with Crippen molar-refractivity contribution in [3.05, 3.63) is 23.8 Å². The Hall–Kier alpha value is -1.66. The van der Waals surface area contributed by atoms with E-state index in [0.717, 1.165) is 55.3 Å². The van der Waals surface area contributed by atoms with Gasteiger partial charge in [0.25, 0.3) is 0 Å². The quantitative estimate of drug-likeness (QED) is 0.577. The van der Waals surface area contributed by atoms with E-state index in [-0.39, 0.29) is 5.91 Å². The normalized spacial score (nSPS) is 18.7. The van der Waals surface area contributed by atoms with Crippen LogP contribution in [0, 0.1) is 12.8 Å². The number of hydrogen-bond acceptors (Lipinski definition) is 3. The first-order valence-corrected chi connectivity index (χ1v) is 10.6. The van der Waals surface area contributed by atoms with E-state index in [0.29, 0.717) is 11.5 Å². The molecule has 0 bridgehead atoms. The highest BCUT2D eigenvalue weighted by molar-refractivity contribution is 7.80. The summed E-state index contributed by atoms with van der Waals surface area (Å²) < 4.78 is 0. The van der Waals surface area contributed by atoms with E-state index in [1.54, 1.807) is 0 Å². The molecule has 27 heavy (non-hydrogen) atoms. The Morgan fingerprint density at radius 3 is 2.74 bits per heavy atom. The third-order valence-electron chi connectivity index (χ3n) is 5.64. The molecule has 148 valence electrons. The molecule has 0 spiro atoms. The standard InChI is InChI=1S/C21H32N4OS/c1-16-8-13-24(14-9-16)11-4-10-22-21(27)23-18-7-6-17(2)19(15-18)25-12-3-5-20(25)26/h6-7,15-16H,3-5,8-14H2,1-2H3,(H2,22,23,27). The van der Waals surface area contributed by atoms with Gasteiger partial charge in [0.2, 0.25) is 5.91 Å². The molecule has 6 heteroatoms. The Balaban J connectivity index is 1.43. The Labute approximate surface area is 168 Å². The first-order chi connectivity index (χ1) is 13.0. The first kappa shape index (κ1) is 20.1. The minimum atomic E-state index is 0.211. The summed E-state index contributed by atoms with van der Waals surface area (Å²) in [4.78, 5) is 16.5. The highest BCUT2D eigenvalue weighted by Gasteiger charge is 2.23. The van der Waals surface area contributed by atoms with Gasteiger partial charge in [-0.25, -0.2) is 0 Å². The molecule has 0 unspecified atom stereocenters. The van der Waals surface area contributed by atoms with Crippen LogP contribution >= 0.6 is 12.2 Å². The molecule has 3 rings (SSSR count). The van der Waals surface area contributed by atoms with Crippen molar-refractivity contribution in [1.82, 2.24) is 10.2 Å². The molecule has 2 aliphatic heterocycles. The lowest BCUT2D eigenvalue weighted by Crippen LogP contribution is -2.36. The zero-order chi connectivity index (χ0) is 19.2. The van der Waals surface area contributed by atoms with E-state index in [1.807, 2.05) is 30.0 Å². The van der Waals surface area contributed by atoms with Gasteiger partial charge < -0.3 is 20.4 Å². The maximum Gasteiger partial charge on any atom is 0.227 e. The fourth-order valence-electron chi connectivity index (χ4n) is 3.85. The average Bonchev–Trinajstić information content (AvgIpc) is 3.08. The van der Waals surface area contributed by atoms with Gasteiger partial charge in [0.1, 0.15) is 0 Å². The van der Waals surface area contributed by atoms with E-state index < -0.39 is 0 Å². The molecular weight excluding hydrogens is 356 g/mol. The van der Waals surface area contributed by atoms with Crippen molar-refractivity contribution < 1.29 is 4.79 Å². The van der Waals surface area contributed by atoms with Crippen LogP contribution < -0.4 is 15.5 Å². The predicted molar refractivity (Wildman–Crippen MR) is 116 cm³/mol. The summed E-state index contributed by atoms with van der Waals surface area (Å²) in [6.07, 6.45) is 5.32. The van der Waals surface area contributed by atoms with E-state index in [1.165, 1.54) is 25.9 Å². The van der Waals surface area contributed by atoms with Gasteiger partial charge in [-0.1, -0.05) is 13.0 Å². The summed E-state index contributed by atoms with van der Waals surface area (Å²) in [6, 6.07) is 6.09. The molecule has 5 nitrogen and oxygen atoms in total. The topological polar surface area (TPSA) is 47.6 Å². The number of aryl methyl sites for hydroxylation is 1. The summed E-state index contributed by atoms with van der Waals surface area (Å²) in [6.45, 7) is 9.66. The van der Waals surface area contributed by atoms with Gasteiger partial charge in [0.05, 0.1) is 0 Å². The van der Waals surface area contributed by atoms with Gasteiger partial charge in [-0.15, -0.1) is 0 Å². The Morgan fingerprint density at radius 2 is 2.04 bits per heavy atom. The third-order valence-corrected chi connectivity index (χ3v) is 5.89. The van der Waals surface area contributed by atoms with Gasteiger partial charge in [-0.05, 0) is 88.1 Å². The fraction of sp³-hybridized carbons (Fsp3) is 0.619. The molecule has 0 aromatic heterocycles. The monoisotopic (exact) mass is 388 g/mol. The number of nitrogens with one attached hydrogen (secondary N) is 2. The fourth-order valence-corrected chi connectivity index (χ4v) is 4.07. The number of carbonyl (C=O) groups excluding carboxylic acids is 1. The van der Waals surface area contributed by atoms with E-state index in [4.69, 9.17) is 12.2 Å². The SMILES string of the molecule is Cc1ccc(NC(=S)NCCCN2CCC(C)CC2)cc1N1CCCC1=O. The minimum Gasteiger partial charge on any atom is -0.362 e. The molecule has 2 N–H and O–H groups in total. The zero-order valence-electron chi connectivity index (χ0n) is 16.6. The number of anilines is 2. The second-order valence-electron chi connectivity index (χ2n) is 7.91. The van der Waals surface area contributed by atoms with Crippen LogP contribution in [-0.2, 0) is 4.79 Å². The molecule has 0 aliphatic carbocycles. The minimum absolute atomic E-state index is 0.211. The number of thiocarbonyl (C=S) groups is 1. The van der Waals surface area contributed by atoms with Crippen LogP contribution in [-0.4, -0.2) is 48.6 Å². The Morgan fingerprint density at radius 1 is 1.26 bits per heavy atom. The highest BCUT2D eigenvalue weighted by Crippen LogP contribution is 2.28. The van der Waals surface area contributed by atoms with Crippen LogP contribution in [0.2, 0.25) is 0 Å². The maximum atomic E-state index is 12.0. The van der Waals surface area contributed by atoms with E-state index in [9.17, 15) is 4.79 Å². The molecule has 2 aliphatic rings. The summed E-state index contributed by atoms with van der Waals surface area (Å²) in [5.74, 6) is 1.09. The molecule has 1 aromatic carbocycles. The maximum absolute atomic E-state index is 12.0. The molecule has 0 saturated carbocycles. The lowest BCUT2D eigenvalue weighted by atomic mass is 9.99. The van der Waals surface area contributed by atoms with Gasteiger partial charge in [-0.3, -0.25) is 4.79 Å². The highest BCUT2D eigenvalue weighted by atomic mass is 32.1. The zero-order valence-corrected chi connectivity index (χ0v) is 17.4. The molecule has 2 saturated heterocycles. The van der Waals surface area contributed by atoms with E-state index >= 15 is 0 Å². The summed E-state index contributed by atoms with van der Waals surface area (Å²) in [7, 11) is 0. The lowest BCUT2D eigenvalue weighted by molar-refractivity contribution is -0.117. The number of hydrogen-bond donors (Lipinski definition) is 2. The molecule has 1 amide bonds. The average molecular weight is 389 g/mol. The van der Waals surface area contributed by atoms with Crippen molar-refractivity contribution in [2.45, 2.75) is 46.0 Å². The van der Waals surface area contributed by atoms with Crippen LogP contribution in [0.3, 0.4) is 0 Å². The van der Waals surface area contributed by atoms with Crippen LogP contribution in [0.25, 0.3) is 0 Å². The van der Waals surface area contributed by atoms with Crippen molar-refractivity contribution in [3.8, 4) is 0 Å². The molecule has 2 fully saturated rings. The van der Waals surface area contributed by atoms with Gasteiger partial charge in [0, 0.05) is 30.9 Å². The number of likely N-dealkylation sites (tertiary alicyclic amines) is 1. The molecular formula is C21H32N4OS. The Kier molecular flexibility index (Phi) is 7.07. The van der Waals surface area contributed by atoms with Gasteiger partial charge in [-0.2, -0.15) is 0 Å². The first-order valence-electron chi connectivity index (χ1n) is 10.2. The number of carbonyl (C=O) groups is 1. The number of amides is 1. The van der Waals surface area contributed by atoms with Crippen LogP contribution in [0.1, 0.15) is 44.6 Å². The number of benzene rings is 1.